The Morgan fingerprint density at radius 3 is 2.54 bits per heavy atom. The number of amides is 1. The first-order chi connectivity index (χ1) is 11.6. The van der Waals surface area contributed by atoms with Crippen molar-refractivity contribution in [1.29, 1.82) is 0 Å². The van der Waals surface area contributed by atoms with Gasteiger partial charge < -0.3 is 19.6 Å². The minimum Gasteiger partial charge on any atom is -0.388 e. The highest BCUT2D eigenvalue weighted by Gasteiger charge is 2.10. The highest BCUT2D eigenvalue weighted by atomic mass is 16.3. The van der Waals surface area contributed by atoms with Crippen LogP contribution in [-0.2, 0) is 24.5 Å². The zero-order valence-corrected chi connectivity index (χ0v) is 14.0. The van der Waals surface area contributed by atoms with Crippen molar-refractivity contribution in [2.24, 2.45) is 0 Å². The topological polar surface area (TPSA) is 72.1 Å². The summed E-state index contributed by atoms with van der Waals surface area (Å²) in [6, 6.07) is 11.8. The van der Waals surface area contributed by atoms with E-state index in [0.29, 0.717) is 25.5 Å². The van der Waals surface area contributed by atoms with E-state index < -0.39 is 0 Å². The number of aromatic nitrogens is 3. The van der Waals surface area contributed by atoms with Crippen LogP contribution in [0.3, 0.4) is 0 Å². The number of aliphatic hydroxyl groups is 1. The van der Waals surface area contributed by atoms with Crippen LogP contribution in [0.2, 0.25) is 0 Å². The summed E-state index contributed by atoms with van der Waals surface area (Å²) in [5.41, 5.74) is 3.97. The lowest BCUT2D eigenvalue weighted by atomic mass is 10.3. The van der Waals surface area contributed by atoms with Crippen molar-refractivity contribution in [2.45, 2.75) is 33.5 Å². The third kappa shape index (κ3) is 3.19. The molecule has 2 heterocycles. The van der Waals surface area contributed by atoms with Gasteiger partial charge in [0.15, 0.2) is 0 Å². The van der Waals surface area contributed by atoms with Gasteiger partial charge in [0.05, 0.1) is 11.0 Å². The maximum absolute atomic E-state index is 12.2. The van der Waals surface area contributed by atoms with Gasteiger partial charge in [-0.05, 0) is 38.1 Å². The largest absolute Gasteiger partial charge is 0.388 e. The fraction of sp³-hybridized carbons (Fsp3) is 0.333. The third-order valence-electron chi connectivity index (χ3n) is 4.25. The van der Waals surface area contributed by atoms with Crippen LogP contribution in [0.5, 0.6) is 0 Å². The van der Waals surface area contributed by atoms with E-state index >= 15 is 0 Å². The molecule has 0 bridgehead atoms. The van der Waals surface area contributed by atoms with Crippen molar-refractivity contribution in [3.63, 3.8) is 0 Å². The molecule has 0 unspecified atom stereocenters. The second-order valence-electron chi connectivity index (χ2n) is 5.88. The van der Waals surface area contributed by atoms with Crippen LogP contribution in [0.25, 0.3) is 11.0 Å². The van der Waals surface area contributed by atoms with Crippen LogP contribution in [0.1, 0.15) is 17.2 Å². The molecule has 0 aliphatic rings. The molecule has 1 amide bonds. The molecule has 2 aromatic heterocycles. The normalized spacial score (nSPS) is 11.1. The maximum atomic E-state index is 12.2. The summed E-state index contributed by atoms with van der Waals surface area (Å²) in [5.74, 6) is 0.593. The number of benzene rings is 1. The summed E-state index contributed by atoms with van der Waals surface area (Å²) < 4.78 is 3.93. The molecule has 0 saturated heterocycles. The van der Waals surface area contributed by atoms with Crippen molar-refractivity contribution >= 4 is 16.9 Å². The summed E-state index contributed by atoms with van der Waals surface area (Å²) in [6.45, 7) is 5.25. The second kappa shape index (κ2) is 6.88. The van der Waals surface area contributed by atoms with Crippen molar-refractivity contribution in [1.82, 2.24) is 19.4 Å². The van der Waals surface area contributed by atoms with Crippen molar-refractivity contribution in [3.8, 4) is 0 Å². The molecule has 0 saturated carbocycles. The Kier molecular flexibility index (Phi) is 4.66. The lowest BCUT2D eigenvalue weighted by Gasteiger charge is -2.11. The standard InChI is InChI=1S/C18H22N4O2/c1-13-7-8-14(2)22(13)11-18(24)19-9-10-21-16-6-4-3-5-15(16)20-17(21)12-23/h3-8,23H,9-12H2,1-2H3,(H,19,24). The fourth-order valence-electron chi connectivity index (χ4n) is 2.95. The van der Waals surface area contributed by atoms with Crippen LogP contribution >= 0.6 is 0 Å². The van der Waals surface area contributed by atoms with Crippen LogP contribution in [-0.4, -0.2) is 31.7 Å². The first-order valence-electron chi connectivity index (χ1n) is 8.04. The Morgan fingerprint density at radius 1 is 1.12 bits per heavy atom. The fourth-order valence-corrected chi connectivity index (χ4v) is 2.95. The molecule has 6 nitrogen and oxygen atoms in total. The number of hydrogen-bond donors (Lipinski definition) is 2. The number of imidazole rings is 1. The molecule has 126 valence electrons. The van der Waals surface area contributed by atoms with E-state index in [0.717, 1.165) is 22.4 Å². The van der Waals surface area contributed by atoms with Crippen molar-refractivity contribution < 1.29 is 9.90 Å². The van der Waals surface area contributed by atoms with Gasteiger partial charge in [-0.2, -0.15) is 0 Å². The molecule has 0 radical (unpaired) electrons. The monoisotopic (exact) mass is 326 g/mol. The molecule has 0 aliphatic carbocycles. The molecule has 0 atom stereocenters. The van der Waals surface area contributed by atoms with Crippen LogP contribution in [0.4, 0.5) is 0 Å². The summed E-state index contributed by atoms with van der Waals surface area (Å²) in [5, 5.41) is 12.4. The number of nitrogens with one attached hydrogen (secondary N) is 1. The molecule has 3 aromatic rings. The number of carbonyl (C=O) groups is 1. The van der Waals surface area contributed by atoms with E-state index in [1.54, 1.807) is 0 Å². The zero-order valence-electron chi connectivity index (χ0n) is 14.0. The summed E-state index contributed by atoms with van der Waals surface area (Å²) in [4.78, 5) is 16.6. The smallest absolute Gasteiger partial charge is 0.239 e. The predicted molar refractivity (Wildman–Crippen MR) is 92.6 cm³/mol. The van der Waals surface area contributed by atoms with Gasteiger partial charge in [-0.1, -0.05) is 12.1 Å². The molecule has 0 fully saturated rings. The van der Waals surface area contributed by atoms with Gasteiger partial charge in [0.1, 0.15) is 19.0 Å². The van der Waals surface area contributed by atoms with Crippen LogP contribution in [0, 0.1) is 13.8 Å². The Bertz CT molecular complexity index is 844. The van der Waals surface area contributed by atoms with Crippen molar-refractivity contribution in [3.05, 3.63) is 53.6 Å². The number of carbonyl (C=O) groups excluding carboxylic acids is 1. The molecule has 3 rings (SSSR count). The van der Waals surface area contributed by atoms with E-state index in [1.165, 1.54) is 0 Å². The van der Waals surface area contributed by atoms with Gasteiger partial charge >= 0.3 is 0 Å². The average molecular weight is 326 g/mol. The number of fused-ring (bicyclic) bond motifs is 1. The van der Waals surface area contributed by atoms with Gasteiger partial charge in [0.2, 0.25) is 5.91 Å². The number of para-hydroxylation sites is 2. The highest BCUT2D eigenvalue weighted by Crippen LogP contribution is 2.15. The minimum absolute atomic E-state index is 0.0210. The maximum Gasteiger partial charge on any atom is 0.239 e. The molecular weight excluding hydrogens is 304 g/mol. The first kappa shape index (κ1) is 16.3. The first-order valence-corrected chi connectivity index (χ1v) is 8.04. The van der Waals surface area contributed by atoms with Crippen molar-refractivity contribution in [2.75, 3.05) is 6.54 Å². The predicted octanol–water partition coefficient (Wildman–Crippen LogP) is 1.76. The van der Waals surface area contributed by atoms with E-state index in [-0.39, 0.29) is 12.5 Å². The van der Waals surface area contributed by atoms with E-state index in [2.05, 4.69) is 10.3 Å². The molecule has 1 aromatic carbocycles. The highest BCUT2D eigenvalue weighted by molar-refractivity contribution is 5.77. The number of hydrogen-bond acceptors (Lipinski definition) is 3. The molecule has 24 heavy (non-hydrogen) atoms. The summed E-state index contributed by atoms with van der Waals surface area (Å²) in [7, 11) is 0. The zero-order chi connectivity index (χ0) is 17.1. The van der Waals surface area contributed by atoms with Crippen LogP contribution < -0.4 is 5.32 Å². The Hall–Kier alpha value is -2.60. The Balaban J connectivity index is 1.63. The number of rotatable bonds is 6. The lowest BCUT2D eigenvalue weighted by Crippen LogP contribution is -2.31. The minimum atomic E-state index is -0.121. The summed E-state index contributed by atoms with van der Waals surface area (Å²) in [6.07, 6.45) is 0. The number of aryl methyl sites for hydroxylation is 2. The summed E-state index contributed by atoms with van der Waals surface area (Å²) >= 11 is 0. The van der Waals surface area contributed by atoms with Crippen LogP contribution in [0.15, 0.2) is 36.4 Å². The van der Waals surface area contributed by atoms with E-state index in [9.17, 15) is 9.90 Å². The molecule has 6 heteroatoms. The van der Waals surface area contributed by atoms with Gasteiger partial charge in [0, 0.05) is 24.5 Å². The Morgan fingerprint density at radius 2 is 1.83 bits per heavy atom. The van der Waals surface area contributed by atoms with Gasteiger partial charge in [0.25, 0.3) is 0 Å². The number of aliphatic hydroxyl groups excluding tert-OH is 1. The molecule has 0 aliphatic heterocycles. The van der Waals surface area contributed by atoms with E-state index in [4.69, 9.17) is 0 Å². The molecular formula is C18H22N4O2. The van der Waals surface area contributed by atoms with Gasteiger partial charge in [-0.3, -0.25) is 4.79 Å². The third-order valence-corrected chi connectivity index (χ3v) is 4.25. The van der Waals surface area contributed by atoms with Gasteiger partial charge in [-0.25, -0.2) is 4.98 Å². The Labute approximate surface area is 140 Å². The SMILES string of the molecule is Cc1ccc(C)n1CC(=O)NCCn1c(CO)nc2ccccc21. The second-order valence-corrected chi connectivity index (χ2v) is 5.88. The van der Waals surface area contributed by atoms with E-state index in [1.807, 2.05) is 59.4 Å². The molecule has 0 spiro atoms. The average Bonchev–Trinajstić information content (AvgIpc) is 3.09. The molecule has 2 N–H and O–H groups in total. The van der Waals surface area contributed by atoms with Gasteiger partial charge in [-0.15, -0.1) is 0 Å². The lowest BCUT2D eigenvalue weighted by molar-refractivity contribution is -0.121. The number of nitrogens with zero attached hydrogens (tertiary/aromatic N) is 3. The quantitative estimate of drug-likeness (QED) is 0.725.